The third kappa shape index (κ3) is 6.63. The maximum atomic E-state index is 13.2. The molecule has 0 bridgehead atoms. The van der Waals surface area contributed by atoms with Crippen molar-refractivity contribution in [2.24, 2.45) is 0 Å². The van der Waals surface area contributed by atoms with Crippen molar-refractivity contribution in [2.45, 2.75) is 52.2 Å². The molecule has 7 heteroatoms. The van der Waals surface area contributed by atoms with Gasteiger partial charge in [-0.2, -0.15) is 0 Å². The van der Waals surface area contributed by atoms with E-state index in [-0.39, 0.29) is 30.8 Å². The number of halogens is 3. The molecule has 2 unspecified atom stereocenters. The van der Waals surface area contributed by atoms with Crippen LogP contribution in [0.25, 0.3) is 0 Å². The summed E-state index contributed by atoms with van der Waals surface area (Å²) in [6, 6.07) is 11.7. The largest absolute Gasteiger partial charge is 0.352 e. The summed E-state index contributed by atoms with van der Waals surface area (Å²) in [4.78, 5) is 27.4. The van der Waals surface area contributed by atoms with Gasteiger partial charge in [-0.05, 0) is 55.7 Å². The second kappa shape index (κ2) is 10.9. The van der Waals surface area contributed by atoms with E-state index in [1.165, 1.54) is 0 Å². The summed E-state index contributed by atoms with van der Waals surface area (Å²) >= 11 is 18.4. The molecule has 0 aliphatic heterocycles. The summed E-state index contributed by atoms with van der Waals surface area (Å²) in [5, 5.41) is 4.40. The molecule has 2 aromatic rings. The van der Waals surface area contributed by atoms with Crippen molar-refractivity contribution in [1.82, 2.24) is 10.2 Å². The molecule has 29 heavy (non-hydrogen) atoms. The average molecular weight is 456 g/mol. The van der Waals surface area contributed by atoms with Crippen LogP contribution in [-0.2, 0) is 22.6 Å². The van der Waals surface area contributed by atoms with Crippen LogP contribution in [-0.4, -0.2) is 28.8 Å². The second-order valence-electron chi connectivity index (χ2n) is 7.02. The van der Waals surface area contributed by atoms with E-state index in [1.54, 1.807) is 42.2 Å². The number of carbonyl (C=O) groups is 2. The van der Waals surface area contributed by atoms with Gasteiger partial charge in [-0.25, -0.2) is 0 Å². The highest BCUT2D eigenvalue weighted by Gasteiger charge is 2.27. The molecular formula is C22H25Cl3N2O2. The number of benzene rings is 2. The monoisotopic (exact) mass is 454 g/mol. The summed E-state index contributed by atoms with van der Waals surface area (Å²) in [6.45, 7) is 5.91. The minimum Gasteiger partial charge on any atom is -0.352 e. The first kappa shape index (κ1) is 23.5. The molecule has 2 atom stereocenters. The van der Waals surface area contributed by atoms with Crippen LogP contribution in [0.15, 0.2) is 42.5 Å². The van der Waals surface area contributed by atoms with E-state index in [4.69, 9.17) is 34.8 Å². The fourth-order valence-electron chi connectivity index (χ4n) is 2.79. The van der Waals surface area contributed by atoms with Gasteiger partial charge in [0, 0.05) is 27.7 Å². The standard InChI is InChI=1S/C22H25Cl3N2O2/c1-4-14(2)26-22(29)15(3)27(13-16-8-10-17(23)11-9-16)21(28)12-18-19(24)6-5-7-20(18)25/h5-11,14-15H,4,12-13H2,1-3H3,(H,26,29). The minimum atomic E-state index is -0.659. The van der Waals surface area contributed by atoms with Gasteiger partial charge in [0.25, 0.3) is 0 Å². The highest BCUT2D eigenvalue weighted by atomic mass is 35.5. The van der Waals surface area contributed by atoms with Crippen LogP contribution >= 0.6 is 34.8 Å². The molecule has 1 N–H and O–H groups in total. The smallest absolute Gasteiger partial charge is 0.242 e. The van der Waals surface area contributed by atoms with Crippen LogP contribution in [0, 0.1) is 0 Å². The van der Waals surface area contributed by atoms with Gasteiger partial charge in [0.15, 0.2) is 0 Å². The SMILES string of the molecule is CCC(C)NC(=O)C(C)N(Cc1ccc(Cl)cc1)C(=O)Cc1c(Cl)cccc1Cl. The minimum absolute atomic E-state index is 0.00699. The number of hydrogen-bond acceptors (Lipinski definition) is 2. The fourth-order valence-corrected chi connectivity index (χ4v) is 3.45. The Morgan fingerprint density at radius 1 is 1.00 bits per heavy atom. The van der Waals surface area contributed by atoms with Crippen LogP contribution in [0.5, 0.6) is 0 Å². The first-order chi connectivity index (χ1) is 13.7. The molecule has 0 aliphatic carbocycles. The molecular weight excluding hydrogens is 431 g/mol. The molecule has 0 heterocycles. The van der Waals surface area contributed by atoms with Crippen molar-refractivity contribution in [3.8, 4) is 0 Å². The molecule has 0 fully saturated rings. The molecule has 0 radical (unpaired) electrons. The highest BCUT2D eigenvalue weighted by molar-refractivity contribution is 6.36. The van der Waals surface area contributed by atoms with Crippen LogP contribution in [0.2, 0.25) is 15.1 Å². The van der Waals surface area contributed by atoms with Crippen molar-refractivity contribution in [3.63, 3.8) is 0 Å². The second-order valence-corrected chi connectivity index (χ2v) is 8.27. The zero-order valence-corrected chi connectivity index (χ0v) is 19.0. The molecule has 0 saturated heterocycles. The van der Waals surface area contributed by atoms with Gasteiger partial charge in [-0.1, -0.05) is 59.9 Å². The first-order valence-electron chi connectivity index (χ1n) is 9.50. The Balaban J connectivity index is 2.28. The summed E-state index contributed by atoms with van der Waals surface area (Å²) < 4.78 is 0. The van der Waals surface area contributed by atoms with E-state index >= 15 is 0 Å². The Bertz CT molecular complexity index is 835. The molecule has 2 amide bonds. The fraction of sp³-hybridized carbons (Fsp3) is 0.364. The molecule has 0 aliphatic rings. The number of carbonyl (C=O) groups excluding carboxylic acids is 2. The van der Waals surface area contributed by atoms with Crippen molar-refractivity contribution in [3.05, 3.63) is 68.7 Å². The Hall–Kier alpha value is -1.75. The van der Waals surface area contributed by atoms with Crippen molar-refractivity contribution < 1.29 is 9.59 Å². The van der Waals surface area contributed by atoms with Gasteiger partial charge in [-0.3, -0.25) is 9.59 Å². The van der Waals surface area contributed by atoms with E-state index in [0.717, 1.165) is 12.0 Å². The molecule has 4 nitrogen and oxygen atoms in total. The molecule has 2 rings (SSSR count). The van der Waals surface area contributed by atoms with E-state index < -0.39 is 6.04 Å². The molecule has 0 saturated carbocycles. The molecule has 0 spiro atoms. The maximum absolute atomic E-state index is 13.2. The van der Waals surface area contributed by atoms with Crippen molar-refractivity contribution >= 4 is 46.6 Å². The van der Waals surface area contributed by atoms with Crippen molar-refractivity contribution in [1.29, 1.82) is 0 Å². The zero-order chi connectivity index (χ0) is 21.6. The normalized spacial score (nSPS) is 12.9. The lowest BCUT2D eigenvalue weighted by Crippen LogP contribution is -2.49. The van der Waals surface area contributed by atoms with Crippen molar-refractivity contribution in [2.75, 3.05) is 0 Å². The lowest BCUT2D eigenvalue weighted by atomic mass is 10.1. The lowest BCUT2D eigenvalue weighted by molar-refractivity contribution is -0.140. The van der Waals surface area contributed by atoms with E-state index in [0.29, 0.717) is 20.6 Å². The number of amides is 2. The van der Waals surface area contributed by atoms with Crippen LogP contribution in [0.3, 0.4) is 0 Å². The van der Waals surface area contributed by atoms with Gasteiger partial charge < -0.3 is 10.2 Å². The Morgan fingerprint density at radius 2 is 1.59 bits per heavy atom. The number of nitrogens with one attached hydrogen (secondary N) is 1. The van der Waals surface area contributed by atoms with Gasteiger partial charge >= 0.3 is 0 Å². The molecule has 156 valence electrons. The van der Waals surface area contributed by atoms with Crippen LogP contribution < -0.4 is 5.32 Å². The topological polar surface area (TPSA) is 49.4 Å². The summed E-state index contributed by atoms with van der Waals surface area (Å²) in [7, 11) is 0. The predicted molar refractivity (Wildman–Crippen MR) is 120 cm³/mol. The van der Waals surface area contributed by atoms with Gasteiger partial charge in [0.2, 0.25) is 11.8 Å². The lowest BCUT2D eigenvalue weighted by Gasteiger charge is -2.30. The average Bonchev–Trinajstić information content (AvgIpc) is 2.69. The number of hydrogen-bond donors (Lipinski definition) is 1. The number of nitrogens with zero attached hydrogens (tertiary/aromatic N) is 1. The highest BCUT2D eigenvalue weighted by Crippen LogP contribution is 2.26. The maximum Gasteiger partial charge on any atom is 0.242 e. The number of rotatable bonds is 8. The summed E-state index contributed by atoms with van der Waals surface area (Å²) in [5.41, 5.74) is 1.42. The van der Waals surface area contributed by atoms with Gasteiger partial charge in [0.05, 0.1) is 6.42 Å². The zero-order valence-electron chi connectivity index (χ0n) is 16.7. The van der Waals surface area contributed by atoms with E-state index in [1.807, 2.05) is 26.0 Å². The first-order valence-corrected chi connectivity index (χ1v) is 10.6. The quantitative estimate of drug-likeness (QED) is 0.569. The predicted octanol–water partition coefficient (Wildman–Crippen LogP) is 5.52. The Labute approximate surface area is 187 Å². The third-order valence-electron chi connectivity index (χ3n) is 4.82. The van der Waals surface area contributed by atoms with E-state index in [2.05, 4.69) is 5.32 Å². The Morgan fingerprint density at radius 3 is 2.14 bits per heavy atom. The van der Waals surface area contributed by atoms with Crippen LogP contribution in [0.1, 0.15) is 38.3 Å². The Kier molecular flexibility index (Phi) is 8.81. The van der Waals surface area contributed by atoms with Gasteiger partial charge in [0.1, 0.15) is 6.04 Å². The van der Waals surface area contributed by atoms with Gasteiger partial charge in [-0.15, -0.1) is 0 Å². The third-order valence-corrected chi connectivity index (χ3v) is 5.78. The molecule has 0 aromatic heterocycles. The summed E-state index contributed by atoms with van der Waals surface area (Å²) in [5.74, 6) is -0.436. The van der Waals surface area contributed by atoms with Crippen LogP contribution in [0.4, 0.5) is 0 Å². The summed E-state index contributed by atoms with van der Waals surface area (Å²) in [6.07, 6.45) is 0.811. The molecule has 2 aromatic carbocycles. The van der Waals surface area contributed by atoms with E-state index in [9.17, 15) is 9.59 Å².